The predicted octanol–water partition coefficient (Wildman–Crippen LogP) is 6.42. The van der Waals surface area contributed by atoms with Gasteiger partial charge < -0.3 is 14.7 Å². The van der Waals surface area contributed by atoms with E-state index in [4.69, 9.17) is 16.3 Å². The zero-order valence-corrected chi connectivity index (χ0v) is 23.7. The second kappa shape index (κ2) is 12.4. The number of halogens is 2. The van der Waals surface area contributed by atoms with E-state index in [1.807, 2.05) is 42.5 Å². The van der Waals surface area contributed by atoms with Crippen molar-refractivity contribution in [3.63, 3.8) is 0 Å². The van der Waals surface area contributed by atoms with Gasteiger partial charge in [0.2, 0.25) is 0 Å². The molecular formula is C31H25BrClN3O4. The normalized spacial score (nSPS) is 13.3. The lowest BCUT2D eigenvalue weighted by Gasteiger charge is -2.27. The summed E-state index contributed by atoms with van der Waals surface area (Å²) in [5.74, 6) is -0.0434. The third-order valence-corrected chi connectivity index (χ3v) is 7.46. The van der Waals surface area contributed by atoms with E-state index in [2.05, 4.69) is 44.7 Å². The number of aromatic hydroxyl groups is 1. The van der Waals surface area contributed by atoms with Gasteiger partial charge in [-0.1, -0.05) is 70.0 Å². The van der Waals surface area contributed by atoms with Crippen LogP contribution in [-0.2, 0) is 4.79 Å². The van der Waals surface area contributed by atoms with E-state index in [1.54, 1.807) is 17.2 Å². The first-order valence-corrected chi connectivity index (χ1v) is 13.8. The van der Waals surface area contributed by atoms with Crippen molar-refractivity contribution in [3.05, 3.63) is 111 Å². The number of hydrogen-bond acceptors (Lipinski definition) is 5. The maximum atomic E-state index is 12.9. The standard InChI is InChI=1S/C31H25BrClN3O4/c32-24-9-5-20(6-10-24)21-13-15-36(16-14-21)30(38)19-40-29-12-8-23(25-3-1-2-4-26(25)29)18-34-35-31(39)22-7-11-28(37)27(33)17-22/h1-13,17-18,37H,14-16,19H2,(H,35,39)/b34-18+. The van der Waals surface area contributed by atoms with E-state index in [1.165, 1.54) is 29.3 Å². The fraction of sp³-hybridized carbons (Fsp3) is 0.129. The van der Waals surface area contributed by atoms with Crippen LogP contribution in [0.1, 0.15) is 27.9 Å². The van der Waals surface area contributed by atoms with Gasteiger partial charge in [-0.3, -0.25) is 9.59 Å². The van der Waals surface area contributed by atoms with Crippen LogP contribution >= 0.6 is 27.5 Å². The molecule has 2 N–H and O–H groups in total. The molecule has 4 aromatic rings. The average molecular weight is 619 g/mol. The summed E-state index contributed by atoms with van der Waals surface area (Å²) >= 11 is 9.35. The molecule has 0 aromatic heterocycles. The Morgan fingerprint density at radius 2 is 1.82 bits per heavy atom. The van der Waals surface area contributed by atoms with Gasteiger partial charge in [0, 0.05) is 34.1 Å². The van der Waals surface area contributed by atoms with Crippen molar-refractivity contribution >= 4 is 61.9 Å². The molecule has 1 aliphatic rings. The maximum absolute atomic E-state index is 12.9. The fourth-order valence-corrected chi connectivity index (χ4v) is 4.90. The molecule has 0 saturated heterocycles. The Bertz CT molecular complexity index is 1640. The van der Waals surface area contributed by atoms with Crippen LogP contribution in [0.25, 0.3) is 16.3 Å². The zero-order chi connectivity index (χ0) is 28.1. The number of fused-ring (bicyclic) bond motifs is 1. The molecule has 0 bridgehead atoms. The number of ether oxygens (including phenoxy) is 1. The van der Waals surface area contributed by atoms with E-state index in [0.717, 1.165) is 27.2 Å². The van der Waals surface area contributed by atoms with Crippen molar-refractivity contribution in [1.29, 1.82) is 0 Å². The highest BCUT2D eigenvalue weighted by atomic mass is 79.9. The summed E-state index contributed by atoms with van der Waals surface area (Å²) in [6, 6.07) is 23.6. The number of carbonyl (C=O) groups is 2. The first-order valence-electron chi connectivity index (χ1n) is 12.6. The van der Waals surface area contributed by atoms with Gasteiger partial charge in [-0.25, -0.2) is 5.43 Å². The van der Waals surface area contributed by atoms with Crippen molar-refractivity contribution in [2.45, 2.75) is 6.42 Å². The largest absolute Gasteiger partial charge is 0.506 e. The van der Waals surface area contributed by atoms with Crippen LogP contribution in [0.2, 0.25) is 5.02 Å². The fourth-order valence-electron chi connectivity index (χ4n) is 4.46. The average Bonchev–Trinajstić information content (AvgIpc) is 2.98. The van der Waals surface area contributed by atoms with Crippen LogP contribution in [0.15, 0.2) is 94.5 Å². The molecule has 2 amide bonds. The molecule has 1 aliphatic heterocycles. The topological polar surface area (TPSA) is 91.2 Å². The van der Waals surface area contributed by atoms with Gasteiger partial charge in [-0.15, -0.1) is 0 Å². The van der Waals surface area contributed by atoms with Gasteiger partial charge >= 0.3 is 0 Å². The van der Waals surface area contributed by atoms with Crippen LogP contribution in [0, 0.1) is 0 Å². The van der Waals surface area contributed by atoms with E-state index in [0.29, 0.717) is 18.8 Å². The van der Waals surface area contributed by atoms with Crippen LogP contribution in [0.3, 0.4) is 0 Å². The lowest BCUT2D eigenvalue weighted by atomic mass is 9.99. The Kier molecular flexibility index (Phi) is 8.48. The van der Waals surface area contributed by atoms with Crippen LogP contribution in [-0.4, -0.2) is 47.7 Å². The highest BCUT2D eigenvalue weighted by Gasteiger charge is 2.19. The van der Waals surface area contributed by atoms with Gasteiger partial charge in [0.25, 0.3) is 11.8 Å². The van der Waals surface area contributed by atoms with Gasteiger partial charge in [0.05, 0.1) is 11.2 Å². The second-order valence-corrected chi connectivity index (χ2v) is 10.5. The number of amides is 2. The Hall–Kier alpha value is -4.14. The minimum Gasteiger partial charge on any atom is -0.506 e. The van der Waals surface area contributed by atoms with E-state index < -0.39 is 5.91 Å². The maximum Gasteiger partial charge on any atom is 0.271 e. The highest BCUT2D eigenvalue weighted by Crippen LogP contribution is 2.29. The van der Waals surface area contributed by atoms with Crippen molar-refractivity contribution in [1.82, 2.24) is 10.3 Å². The molecule has 0 atom stereocenters. The minimum absolute atomic E-state index is 0.0653. The first-order chi connectivity index (χ1) is 19.4. The number of rotatable bonds is 7. The molecule has 9 heteroatoms. The number of carbonyl (C=O) groups excluding carboxylic acids is 2. The molecule has 0 radical (unpaired) electrons. The molecule has 0 aliphatic carbocycles. The zero-order valence-electron chi connectivity index (χ0n) is 21.3. The summed E-state index contributed by atoms with van der Waals surface area (Å²) in [4.78, 5) is 27.1. The quantitative estimate of drug-likeness (QED) is 0.185. The van der Waals surface area contributed by atoms with E-state index in [-0.39, 0.29) is 28.8 Å². The third-order valence-electron chi connectivity index (χ3n) is 6.63. The first kappa shape index (κ1) is 27.4. The van der Waals surface area contributed by atoms with Crippen molar-refractivity contribution in [2.24, 2.45) is 5.10 Å². The van der Waals surface area contributed by atoms with E-state index >= 15 is 0 Å². The number of nitrogens with one attached hydrogen (secondary N) is 1. The Balaban J connectivity index is 1.22. The number of nitrogens with zero attached hydrogens (tertiary/aromatic N) is 2. The lowest BCUT2D eigenvalue weighted by molar-refractivity contribution is -0.132. The monoisotopic (exact) mass is 617 g/mol. The summed E-state index contributed by atoms with van der Waals surface area (Å²) in [7, 11) is 0. The summed E-state index contributed by atoms with van der Waals surface area (Å²) in [6.45, 7) is 1.12. The molecule has 0 unspecified atom stereocenters. The minimum atomic E-state index is -0.461. The number of phenols is 1. The summed E-state index contributed by atoms with van der Waals surface area (Å²) in [5.41, 5.74) is 5.91. The van der Waals surface area contributed by atoms with Gasteiger partial charge in [0.15, 0.2) is 6.61 Å². The van der Waals surface area contributed by atoms with Crippen LogP contribution in [0.4, 0.5) is 0 Å². The molecule has 0 spiro atoms. The Morgan fingerprint density at radius 1 is 1.05 bits per heavy atom. The molecular weight excluding hydrogens is 594 g/mol. The van der Waals surface area contributed by atoms with Gasteiger partial charge in [-0.05, 0) is 65.4 Å². The number of hydrazone groups is 1. The number of benzene rings is 4. The SMILES string of the molecule is O=C(N/N=C/c1ccc(OCC(=O)N2CC=C(c3ccc(Br)cc3)CC2)c2ccccc12)c1ccc(O)c(Cl)c1. The third kappa shape index (κ3) is 6.35. The Morgan fingerprint density at radius 3 is 2.55 bits per heavy atom. The molecule has 40 heavy (non-hydrogen) atoms. The van der Waals surface area contributed by atoms with Crippen LogP contribution < -0.4 is 10.2 Å². The summed E-state index contributed by atoms with van der Waals surface area (Å²) in [5, 5.41) is 15.4. The molecule has 202 valence electrons. The second-order valence-electron chi connectivity index (χ2n) is 9.18. The molecule has 5 rings (SSSR count). The van der Waals surface area contributed by atoms with Crippen molar-refractivity contribution in [2.75, 3.05) is 19.7 Å². The van der Waals surface area contributed by atoms with Crippen LogP contribution in [0.5, 0.6) is 11.5 Å². The number of hydrogen-bond donors (Lipinski definition) is 2. The summed E-state index contributed by atoms with van der Waals surface area (Å²) in [6.07, 6.45) is 4.43. The molecule has 4 aromatic carbocycles. The van der Waals surface area contributed by atoms with E-state index in [9.17, 15) is 14.7 Å². The highest BCUT2D eigenvalue weighted by molar-refractivity contribution is 9.10. The smallest absolute Gasteiger partial charge is 0.271 e. The van der Waals surface area contributed by atoms with Crippen molar-refractivity contribution < 1.29 is 19.4 Å². The molecule has 7 nitrogen and oxygen atoms in total. The number of phenolic OH excluding ortho intramolecular Hbond substituents is 1. The molecule has 0 saturated carbocycles. The summed E-state index contributed by atoms with van der Waals surface area (Å²) < 4.78 is 7.01. The van der Waals surface area contributed by atoms with Crippen molar-refractivity contribution in [3.8, 4) is 11.5 Å². The molecule has 1 heterocycles. The predicted molar refractivity (Wildman–Crippen MR) is 161 cm³/mol. The van der Waals surface area contributed by atoms with Gasteiger partial charge in [0.1, 0.15) is 11.5 Å². The van der Waals surface area contributed by atoms with Gasteiger partial charge in [-0.2, -0.15) is 5.10 Å². The Labute approximate surface area is 244 Å². The lowest BCUT2D eigenvalue weighted by Crippen LogP contribution is -2.37. The molecule has 0 fully saturated rings.